The number of rotatable bonds is 4. The van der Waals surface area contributed by atoms with E-state index < -0.39 is 0 Å². The van der Waals surface area contributed by atoms with Gasteiger partial charge in [-0.25, -0.2) is 0 Å². The lowest BCUT2D eigenvalue weighted by Gasteiger charge is -2.42. The Morgan fingerprint density at radius 1 is 1.33 bits per heavy atom. The van der Waals surface area contributed by atoms with Crippen LogP contribution in [-0.2, 0) is 5.41 Å². The molecule has 2 rings (SSSR count). The first kappa shape index (κ1) is 13.3. The molecule has 1 fully saturated rings. The molecular weight excluding hydrogens is 230 g/mol. The fourth-order valence-corrected chi connectivity index (χ4v) is 2.29. The van der Waals surface area contributed by atoms with Gasteiger partial charge in [-0.1, -0.05) is 32.3 Å². The zero-order chi connectivity index (χ0) is 13.4. The second kappa shape index (κ2) is 4.53. The van der Waals surface area contributed by atoms with Gasteiger partial charge in [-0.05, 0) is 12.8 Å². The van der Waals surface area contributed by atoms with Gasteiger partial charge in [0, 0.05) is 24.4 Å². The van der Waals surface area contributed by atoms with Crippen molar-refractivity contribution in [3.05, 3.63) is 5.89 Å². The number of hydrogen-bond acceptors (Lipinski definition) is 5. The highest BCUT2D eigenvalue weighted by atomic mass is 16.4. The molecule has 1 N–H and O–H groups in total. The van der Waals surface area contributed by atoms with Crippen molar-refractivity contribution in [3.63, 3.8) is 0 Å². The standard InChI is InChI=1S/C13H23N3O2/c1-12(2,3)10-14-15-11(18-10)16(4)8-13(9-17)6-5-7-13/h17H,5-9H2,1-4H3. The van der Waals surface area contributed by atoms with Crippen LogP contribution in [0, 0.1) is 5.41 Å². The van der Waals surface area contributed by atoms with E-state index in [4.69, 9.17) is 4.42 Å². The quantitative estimate of drug-likeness (QED) is 0.888. The van der Waals surface area contributed by atoms with Crippen LogP contribution < -0.4 is 4.90 Å². The molecule has 1 aliphatic rings. The fourth-order valence-electron chi connectivity index (χ4n) is 2.29. The summed E-state index contributed by atoms with van der Waals surface area (Å²) >= 11 is 0. The van der Waals surface area contributed by atoms with E-state index in [1.807, 2.05) is 32.7 Å². The van der Waals surface area contributed by atoms with Gasteiger partial charge in [-0.2, -0.15) is 0 Å². The van der Waals surface area contributed by atoms with Crippen molar-refractivity contribution in [1.29, 1.82) is 0 Å². The van der Waals surface area contributed by atoms with Crippen molar-refractivity contribution in [2.24, 2.45) is 5.41 Å². The predicted molar refractivity (Wildman–Crippen MR) is 69.6 cm³/mol. The van der Waals surface area contributed by atoms with Gasteiger partial charge < -0.3 is 14.4 Å². The maximum atomic E-state index is 9.47. The van der Waals surface area contributed by atoms with Crippen LogP contribution in [0.5, 0.6) is 0 Å². The third-order valence-electron chi connectivity index (χ3n) is 3.70. The van der Waals surface area contributed by atoms with E-state index in [1.54, 1.807) is 0 Å². The smallest absolute Gasteiger partial charge is 0.317 e. The zero-order valence-electron chi connectivity index (χ0n) is 11.7. The topological polar surface area (TPSA) is 62.4 Å². The maximum absolute atomic E-state index is 9.47. The minimum Gasteiger partial charge on any atom is -0.407 e. The Bertz CT molecular complexity index is 399. The van der Waals surface area contributed by atoms with Crippen LogP contribution in [-0.4, -0.2) is 35.5 Å². The van der Waals surface area contributed by atoms with Crippen molar-refractivity contribution >= 4 is 6.01 Å². The van der Waals surface area contributed by atoms with Gasteiger partial charge in [0.25, 0.3) is 0 Å². The normalized spacial score (nSPS) is 18.5. The summed E-state index contributed by atoms with van der Waals surface area (Å²) in [6.07, 6.45) is 3.35. The minimum absolute atomic E-state index is 0.0329. The highest BCUT2D eigenvalue weighted by Gasteiger charge is 2.38. The summed E-state index contributed by atoms with van der Waals surface area (Å²) < 4.78 is 5.69. The van der Waals surface area contributed by atoms with E-state index in [9.17, 15) is 5.11 Å². The molecule has 102 valence electrons. The van der Waals surface area contributed by atoms with Crippen LogP contribution in [0.2, 0.25) is 0 Å². The van der Waals surface area contributed by atoms with Crippen LogP contribution in [0.3, 0.4) is 0 Å². The minimum atomic E-state index is -0.128. The predicted octanol–water partition coefficient (Wildman–Crippen LogP) is 1.97. The van der Waals surface area contributed by atoms with Gasteiger partial charge in [-0.3, -0.25) is 0 Å². The Morgan fingerprint density at radius 2 is 2.00 bits per heavy atom. The number of hydrogen-bond donors (Lipinski definition) is 1. The first-order valence-corrected chi connectivity index (χ1v) is 6.52. The number of aliphatic hydroxyl groups excluding tert-OH is 1. The highest BCUT2D eigenvalue weighted by molar-refractivity contribution is 5.24. The Morgan fingerprint density at radius 3 is 2.39 bits per heavy atom. The summed E-state index contributed by atoms with van der Waals surface area (Å²) in [6.45, 7) is 7.15. The molecule has 0 amide bonds. The van der Waals surface area contributed by atoms with E-state index in [0.29, 0.717) is 11.9 Å². The molecule has 1 aliphatic carbocycles. The Kier molecular flexibility index (Phi) is 3.36. The van der Waals surface area contributed by atoms with Crippen molar-refractivity contribution in [3.8, 4) is 0 Å². The average Bonchev–Trinajstić information content (AvgIpc) is 2.71. The summed E-state index contributed by atoms with van der Waals surface area (Å²) in [5.74, 6) is 0.649. The molecule has 0 radical (unpaired) electrons. The van der Waals surface area contributed by atoms with Gasteiger partial charge in [0.15, 0.2) is 0 Å². The molecule has 0 aromatic carbocycles. The number of aromatic nitrogens is 2. The Balaban J connectivity index is 2.05. The van der Waals surface area contributed by atoms with E-state index >= 15 is 0 Å². The van der Waals surface area contributed by atoms with E-state index in [1.165, 1.54) is 6.42 Å². The molecule has 0 atom stereocenters. The summed E-state index contributed by atoms with van der Waals surface area (Å²) in [5, 5.41) is 17.6. The zero-order valence-corrected chi connectivity index (χ0v) is 11.7. The van der Waals surface area contributed by atoms with Crippen LogP contribution in [0.1, 0.15) is 45.9 Å². The molecule has 5 heteroatoms. The maximum Gasteiger partial charge on any atom is 0.317 e. The molecule has 5 nitrogen and oxygen atoms in total. The van der Waals surface area contributed by atoms with Crippen LogP contribution in [0.4, 0.5) is 6.01 Å². The van der Waals surface area contributed by atoms with Crippen molar-refractivity contribution in [1.82, 2.24) is 10.2 Å². The van der Waals surface area contributed by atoms with Gasteiger partial charge >= 0.3 is 6.01 Å². The molecule has 1 heterocycles. The highest BCUT2D eigenvalue weighted by Crippen LogP contribution is 2.41. The van der Waals surface area contributed by atoms with Gasteiger partial charge in [-0.15, -0.1) is 5.10 Å². The number of anilines is 1. The molecule has 0 saturated heterocycles. The van der Waals surface area contributed by atoms with Gasteiger partial charge in [0.2, 0.25) is 5.89 Å². The Labute approximate surface area is 108 Å². The third kappa shape index (κ3) is 2.51. The number of nitrogens with zero attached hydrogens (tertiary/aromatic N) is 3. The summed E-state index contributed by atoms with van der Waals surface area (Å²) in [5.41, 5.74) is -0.0949. The first-order valence-electron chi connectivity index (χ1n) is 6.52. The molecule has 1 saturated carbocycles. The molecule has 0 aliphatic heterocycles. The van der Waals surface area contributed by atoms with Crippen molar-refractivity contribution in [2.45, 2.75) is 45.4 Å². The SMILES string of the molecule is CN(CC1(CO)CCC1)c1nnc(C(C)(C)C)o1. The molecular formula is C13H23N3O2. The van der Waals surface area contributed by atoms with E-state index in [-0.39, 0.29) is 17.4 Å². The molecule has 0 unspecified atom stereocenters. The van der Waals surface area contributed by atoms with Crippen LogP contribution in [0.25, 0.3) is 0 Å². The molecule has 0 spiro atoms. The first-order chi connectivity index (χ1) is 8.36. The second-order valence-corrected chi connectivity index (χ2v) is 6.51. The van der Waals surface area contributed by atoms with Gasteiger partial charge in [0.1, 0.15) is 0 Å². The third-order valence-corrected chi connectivity index (χ3v) is 3.70. The molecule has 18 heavy (non-hydrogen) atoms. The average molecular weight is 253 g/mol. The summed E-state index contributed by atoms with van der Waals surface area (Å²) in [6, 6.07) is 0.541. The van der Waals surface area contributed by atoms with Gasteiger partial charge in [0.05, 0.1) is 6.61 Å². The van der Waals surface area contributed by atoms with E-state index in [2.05, 4.69) is 10.2 Å². The fraction of sp³-hybridized carbons (Fsp3) is 0.846. The van der Waals surface area contributed by atoms with Crippen molar-refractivity contribution in [2.75, 3.05) is 25.1 Å². The molecule has 0 bridgehead atoms. The largest absolute Gasteiger partial charge is 0.407 e. The molecule has 1 aromatic rings. The van der Waals surface area contributed by atoms with Crippen LogP contribution >= 0.6 is 0 Å². The van der Waals surface area contributed by atoms with Crippen LogP contribution in [0.15, 0.2) is 4.42 Å². The summed E-state index contributed by atoms with van der Waals surface area (Å²) in [4.78, 5) is 1.96. The lowest BCUT2D eigenvalue weighted by Crippen LogP contribution is -2.43. The summed E-state index contributed by atoms with van der Waals surface area (Å²) in [7, 11) is 1.94. The second-order valence-electron chi connectivity index (χ2n) is 6.51. The lowest BCUT2D eigenvalue weighted by molar-refractivity contribution is 0.0515. The molecule has 1 aromatic heterocycles. The Hall–Kier alpha value is -1.10. The monoisotopic (exact) mass is 253 g/mol. The van der Waals surface area contributed by atoms with E-state index in [0.717, 1.165) is 19.4 Å². The number of aliphatic hydroxyl groups is 1. The lowest BCUT2D eigenvalue weighted by atomic mass is 9.69. The van der Waals surface area contributed by atoms with Crippen molar-refractivity contribution < 1.29 is 9.52 Å².